The molecule has 0 aliphatic carbocycles. The Morgan fingerprint density at radius 1 is 0.977 bits per heavy atom. The number of pyridine rings is 1. The fraction of sp³-hybridized carbons (Fsp3) is 0.364. The van der Waals surface area contributed by atoms with Gasteiger partial charge in [0.05, 0.1) is 16.6 Å². The van der Waals surface area contributed by atoms with E-state index < -0.39 is 36.3 Å². The van der Waals surface area contributed by atoms with E-state index in [0.29, 0.717) is 28.9 Å². The van der Waals surface area contributed by atoms with Gasteiger partial charge < -0.3 is 20.2 Å². The van der Waals surface area contributed by atoms with E-state index in [-0.39, 0.29) is 34.0 Å². The topological polar surface area (TPSA) is 104 Å². The number of hydrogen-bond donors (Lipinski definition) is 3. The van der Waals surface area contributed by atoms with Crippen molar-refractivity contribution in [3.8, 4) is 22.5 Å². The van der Waals surface area contributed by atoms with Crippen LogP contribution < -0.4 is 10.6 Å². The molecule has 0 spiro atoms. The summed E-state index contributed by atoms with van der Waals surface area (Å²) in [6.07, 6.45) is -3.97. The number of furan rings is 1. The Balaban J connectivity index is 0.000000978. The fourth-order valence-electron chi connectivity index (χ4n) is 4.31. The Labute approximate surface area is 253 Å². The van der Waals surface area contributed by atoms with Gasteiger partial charge in [0, 0.05) is 42.3 Å². The van der Waals surface area contributed by atoms with Gasteiger partial charge in [0.25, 0.3) is 11.8 Å². The first kappa shape index (κ1) is 34.2. The molecule has 0 unspecified atom stereocenters. The predicted octanol–water partition coefficient (Wildman–Crippen LogP) is 7.46. The number of hydrogen-bond acceptors (Lipinski definition) is 5. The van der Waals surface area contributed by atoms with Crippen molar-refractivity contribution in [3.05, 3.63) is 77.2 Å². The first-order valence-corrected chi connectivity index (χ1v) is 14.2. The van der Waals surface area contributed by atoms with Gasteiger partial charge in [-0.1, -0.05) is 25.5 Å². The molecule has 3 N–H and O–H groups in total. The second kappa shape index (κ2) is 14.5. The van der Waals surface area contributed by atoms with Crippen molar-refractivity contribution in [2.45, 2.75) is 65.1 Å². The normalized spacial score (nSPS) is 11.6. The molecule has 2 aromatic carbocycles. The highest BCUT2D eigenvalue weighted by molar-refractivity contribution is 6.11. The summed E-state index contributed by atoms with van der Waals surface area (Å²) in [5, 5.41) is 13.7. The van der Waals surface area contributed by atoms with Crippen molar-refractivity contribution in [2.24, 2.45) is 0 Å². The molecule has 0 bridgehead atoms. The molecule has 0 fully saturated rings. The van der Waals surface area contributed by atoms with Crippen molar-refractivity contribution >= 4 is 22.9 Å². The van der Waals surface area contributed by atoms with Crippen LogP contribution in [0.4, 0.5) is 17.6 Å². The molecule has 11 heteroatoms. The van der Waals surface area contributed by atoms with Gasteiger partial charge in [-0.15, -0.1) is 0 Å². The van der Waals surface area contributed by atoms with Crippen molar-refractivity contribution < 1.29 is 36.7 Å². The molecule has 4 aromatic rings. The molecule has 2 aromatic heterocycles. The Morgan fingerprint density at radius 3 is 2.20 bits per heavy atom. The molecule has 0 saturated carbocycles. The number of nitrogens with one attached hydrogen (secondary N) is 2. The number of aryl methyl sites for hydroxylation is 1. The number of fused-ring (bicyclic) bond motifs is 1. The van der Waals surface area contributed by atoms with Crippen molar-refractivity contribution in [1.82, 2.24) is 15.6 Å². The quantitative estimate of drug-likeness (QED) is 0.179. The van der Waals surface area contributed by atoms with Crippen LogP contribution in [0.3, 0.4) is 0 Å². The highest BCUT2D eigenvalue weighted by atomic mass is 19.4. The summed E-state index contributed by atoms with van der Waals surface area (Å²) in [4.78, 5) is 30.1. The van der Waals surface area contributed by atoms with Gasteiger partial charge in [0.1, 0.15) is 11.6 Å². The lowest BCUT2D eigenvalue weighted by molar-refractivity contribution is -0.134. The maximum Gasteiger partial charge on any atom is 0.389 e. The first-order chi connectivity index (χ1) is 20.7. The van der Waals surface area contributed by atoms with E-state index in [9.17, 15) is 27.2 Å². The van der Waals surface area contributed by atoms with Crippen LogP contribution in [0.2, 0.25) is 0 Å². The van der Waals surface area contributed by atoms with Crippen LogP contribution in [0.15, 0.2) is 59.0 Å². The third-order valence-corrected chi connectivity index (χ3v) is 6.40. The van der Waals surface area contributed by atoms with Crippen LogP contribution in [0.5, 0.6) is 0 Å². The van der Waals surface area contributed by atoms with Crippen LogP contribution >= 0.6 is 0 Å². The molecule has 2 amide bonds. The van der Waals surface area contributed by atoms with E-state index in [4.69, 9.17) is 9.52 Å². The maximum atomic E-state index is 13.5. The number of carbonyl (C=O) groups is 2. The summed E-state index contributed by atoms with van der Waals surface area (Å²) >= 11 is 0. The standard InChI is InChI=1S/C29H27F4N3O3.C4H10O/c1-28(2,3)36-25(37)18-7-5-6-17(14-18)20-15-21-23(26(38)34-4)24(16-8-10-19(30)11-9-16)39-27(21)35-22(20)12-13-29(31,32)33;1-2-3-4-5/h5-11,14-15H,12-13H2,1-4H3,(H,34,38)(H,36,37);5H,2-4H2,1H3. The van der Waals surface area contributed by atoms with Gasteiger partial charge in [-0.2, -0.15) is 13.2 Å². The number of aliphatic hydroxyl groups is 1. The van der Waals surface area contributed by atoms with Crippen molar-refractivity contribution in [1.29, 1.82) is 0 Å². The smallest absolute Gasteiger partial charge is 0.389 e. The summed E-state index contributed by atoms with van der Waals surface area (Å²) in [6, 6.07) is 13.3. The Hall–Kier alpha value is -4.25. The summed E-state index contributed by atoms with van der Waals surface area (Å²) < 4.78 is 59.0. The van der Waals surface area contributed by atoms with Gasteiger partial charge in [0.2, 0.25) is 5.71 Å². The molecule has 0 radical (unpaired) electrons. The maximum absolute atomic E-state index is 13.5. The molecule has 4 rings (SSSR count). The minimum Gasteiger partial charge on any atom is -0.437 e. The molecule has 236 valence electrons. The number of nitrogens with zero attached hydrogens (tertiary/aromatic N) is 1. The zero-order chi connectivity index (χ0) is 32.7. The molecular weight excluding hydrogens is 578 g/mol. The average Bonchev–Trinajstić information content (AvgIpc) is 3.33. The fourth-order valence-corrected chi connectivity index (χ4v) is 4.31. The second-order valence-electron chi connectivity index (χ2n) is 11.2. The van der Waals surface area contributed by atoms with E-state index >= 15 is 0 Å². The van der Waals surface area contributed by atoms with Crippen LogP contribution in [0.25, 0.3) is 33.6 Å². The average molecular weight is 616 g/mol. The first-order valence-electron chi connectivity index (χ1n) is 14.2. The zero-order valence-corrected chi connectivity index (χ0v) is 25.4. The lowest BCUT2D eigenvalue weighted by Gasteiger charge is -2.20. The summed E-state index contributed by atoms with van der Waals surface area (Å²) in [7, 11) is 1.43. The van der Waals surface area contributed by atoms with Crippen LogP contribution in [-0.4, -0.2) is 47.3 Å². The summed E-state index contributed by atoms with van der Waals surface area (Å²) in [5.41, 5.74) is 1.16. The molecule has 0 atom stereocenters. The van der Waals surface area contributed by atoms with Gasteiger partial charge >= 0.3 is 6.18 Å². The van der Waals surface area contributed by atoms with Crippen LogP contribution in [0, 0.1) is 5.82 Å². The highest BCUT2D eigenvalue weighted by Crippen LogP contribution is 2.37. The third kappa shape index (κ3) is 9.12. The number of unbranched alkanes of at least 4 members (excludes halogenated alkanes) is 1. The largest absolute Gasteiger partial charge is 0.437 e. The van der Waals surface area contributed by atoms with Crippen molar-refractivity contribution in [2.75, 3.05) is 13.7 Å². The summed E-state index contributed by atoms with van der Waals surface area (Å²) in [6.45, 7) is 7.89. The minimum atomic E-state index is -4.43. The number of rotatable bonds is 8. The predicted molar refractivity (Wildman–Crippen MR) is 162 cm³/mol. The molecule has 7 nitrogen and oxygen atoms in total. The second-order valence-corrected chi connectivity index (χ2v) is 11.2. The number of aliphatic hydroxyl groups excluding tert-OH is 1. The van der Waals surface area contributed by atoms with E-state index in [1.807, 2.05) is 20.8 Å². The third-order valence-electron chi connectivity index (χ3n) is 6.40. The lowest BCUT2D eigenvalue weighted by Crippen LogP contribution is -2.40. The van der Waals surface area contributed by atoms with E-state index in [1.54, 1.807) is 30.3 Å². The molecule has 44 heavy (non-hydrogen) atoms. The van der Waals surface area contributed by atoms with Gasteiger partial charge in [-0.3, -0.25) is 9.59 Å². The van der Waals surface area contributed by atoms with Crippen LogP contribution in [0.1, 0.15) is 73.4 Å². The van der Waals surface area contributed by atoms with Crippen molar-refractivity contribution in [3.63, 3.8) is 0 Å². The highest BCUT2D eigenvalue weighted by Gasteiger charge is 2.29. The lowest BCUT2D eigenvalue weighted by atomic mass is 9.96. The summed E-state index contributed by atoms with van der Waals surface area (Å²) in [5.74, 6) is -1.24. The molecule has 2 heterocycles. The SMILES string of the molecule is CCCCO.CNC(=O)c1c(-c2ccc(F)cc2)oc2nc(CCC(F)(F)F)c(-c3cccc(C(=O)NC(C)(C)C)c3)cc12. The number of aromatic nitrogens is 1. The van der Waals surface area contributed by atoms with Gasteiger partial charge in [-0.25, -0.2) is 9.37 Å². The minimum absolute atomic E-state index is 0.0320. The Morgan fingerprint density at radius 2 is 1.66 bits per heavy atom. The Kier molecular flexibility index (Phi) is 11.3. The molecule has 0 aliphatic heterocycles. The Bertz CT molecular complexity index is 1590. The zero-order valence-electron chi connectivity index (χ0n) is 25.4. The van der Waals surface area contributed by atoms with E-state index in [1.165, 1.54) is 31.3 Å². The molecule has 0 aliphatic rings. The number of carbonyl (C=O) groups excluding carboxylic acids is 2. The number of halogens is 4. The van der Waals surface area contributed by atoms with Gasteiger partial charge in [0.15, 0.2) is 0 Å². The van der Waals surface area contributed by atoms with E-state index in [2.05, 4.69) is 22.5 Å². The number of benzene rings is 2. The van der Waals surface area contributed by atoms with Crippen LogP contribution in [-0.2, 0) is 6.42 Å². The molecular formula is C33H37F4N3O4. The number of amides is 2. The monoisotopic (exact) mass is 615 g/mol. The van der Waals surface area contributed by atoms with Gasteiger partial charge in [-0.05, 0) is 81.6 Å². The van der Waals surface area contributed by atoms with E-state index in [0.717, 1.165) is 12.8 Å². The number of alkyl halides is 3. The molecule has 0 saturated heterocycles.